The molecule has 330 valence electrons. The Kier molecular flexibility index (Phi) is 20.7. The molecule has 1 aliphatic rings. The molecule has 0 aromatic heterocycles. The molecule has 0 unspecified atom stereocenters. The van der Waals surface area contributed by atoms with Gasteiger partial charge in [0.1, 0.15) is 23.7 Å². The average molecular weight is 834 g/mol. The zero-order chi connectivity index (χ0) is 44.1. The maximum absolute atomic E-state index is 14.3. The highest BCUT2D eigenvalue weighted by Gasteiger charge is 2.44. The first-order valence-corrected chi connectivity index (χ1v) is 22.1. The monoisotopic (exact) mass is 834 g/mol. The van der Waals surface area contributed by atoms with Crippen LogP contribution in [-0.2, 0) is 44.6 Å². The zero-order valence-corrected chi connectivity index (χ0v) is 38.8. The highest BCUT2D eigenvalue weighted by Crippen LogP contribution is 2.30. The predicted molar refractivity (Wildman–Crippen MR) is 231 cm³/mol. The number of amides is 4. The van der Waals surface area contributed by atoms with Crippen LogP contribution >= 0.6 is 11.9 Å². The van der Waals surface area contributed by atoms with Crippen molar-refractivity contribution in [2.24, 2.45) is 23.7 Å². The van der Waals surface area contributed by atoms with Crippen LogP contribution in [0.3, 0.4) is 0 Å². The molecule has 13 nitrogen and oxygen atoms in total. The summed E-state index contributed by atoms with van der Waals surface area (Å²) >= 11 is 1.47. The van der Waals surface area contributed by atoms with Crippen molar-refractivity contribution in [1.29, 1.82) is 0 Å². The second-order valence-corrected chi connectivity index (χ2v) is 18.5. The largest absolute Gasteiger partial charge is 0.458 e. The zero-order valence-electron chi connectivity index (χ0n) is 38.0. The van der Waals surface area contributed by atoms with E-state index < -0.39 is 59.9 Å². The molecule has 2 N–H and O–H groups in total. The number of rotatable bonds is 22. The minimum absolute atomic E-state index is 0.00107. The lowest BCUT2D eigenvalue weighted by molar-refractivity contribution is -0.159. The third kappa shape index (κ3) is 14.2. The molecule has 0 radical (unpaired) electrons. The van der Waals surface area contributed by atoms with Gasteiger partial charge >= 0.3 is 5.97 Å². The lowest BCUT2D eigenvalue weighted by Crippen LogP contribution is -2.59. The molecule has 0 spiro atoms. The highest BCUT2D eigenvalue weighted by molar-refractivity contribution is 7.96. The van der Waals surface area contributed by atoms with Crippen LogP contribution < -0.4 is 10.6 Å². The van der Waals surface area contributed by atoms with Crippen molar-refractivity contribution < 1.29 is 38.2 Å². The smallest absolute Gasteiger partial charge is 0.329 e. The van der Waals surface area contributed by atoms with Gasteiger partial charge in [0.15, 0.2) is 0 Å². The number of likely N-dealkylation sites (N-methyl/N-ethyl adjacent to an activating group) is 2. The molecular formula is C44H75N5O8S. The summed E-state index contributed by atoms with van der Waals surface area (Å²) in [6.45, 7) is 19.5. The first-order chi connectivity index (χ1) is 27.1. The summed E-state index contributed by atoms with van der Waals surface area (Å²) in [6, 6.07) is 6.43. The van der Waals surface area contributed by atoms with E-state index in [4.69, 9.17) is 14.2 Å². The van der Waals surface area contributed by atoms with E-state index in [0.29, 0.717) is 13.0 Å². The van der Waals surface area contributed by atoms with Crippen LogP contribution in [0.4, 0.5) is 0 Å². The normalized spacial score (nSPS) is 18.9. The van der Waals surface area contributed by atoms with Crippen molar-refractivity contribution in [2.45, 2.75) is 149 Å². The van der Waals surface area contributed by atoms with Crippen LogP contribution in [0, 0.1) is 23.7 Å². The summed E-state index contributed by atoms with van der Waals surface area (Å²) in [5, 5.41) is 5.99. The van der Waals surface area contributed by atoms with Gasteiger partial charge in [0.25, 0.3) is 0 Å². The number of hydrogen-bond acceptors (Lipinski definition) is 10. The Labute approximate surface area is 353 Å². The van der Waals surface area contributed by atoms with Crippen LogP contribution in [0.25, 0.3) is 0 Å². The minimum atomic E-state index is -0.924. The van der Waals surface area contributed by atoms with Crippen molar-refractivity contribution in [3.05, 3.63) is 35.9 Å². The molecule has 1 aromatic carbocycles. The van der Waals surface area contributed by atoms with E-state index in [2.05, 4.69) is 10.6 Å². The average Bonchev–Trinajstić information content (AvgIpc) is 3.65. The van der Waals surface area contributed by atoms with E-state index >= 15 is 0 Å². The van der Waals surface area contributed by atoms with Gasteiger partial charge in [-0.05, 0) is 70.2 Å². The third-order valence-corrected chi connectivity index (χ3v) is 12.2. The van der Waals surface area contributed by atoms with Crippen molar-refractivity contribution in [3.63, 3.8) is 0 Å². The lowest BCUT2D eigenvalue weighted by atomic mass is 9.89. The summed E-state index contributed by atoms with van der Waals surface area (Å²) in [6.07, 6.45) is 2.94. The lowest BCUT2D eigenvalue weighted by Gasteiger charge is -2.41. The maximum Gasteiger partial charge on any atom is 0.329 e. The van der Waals surface area contributed by atoms with E-state index in [1.165, 1.54) is 19.1 Å². The van der Waals surface area contributed by atoms with Gasteiger partial charge in [-0.3, -0.25) is 19.2 Å². The number of benzene rings is 1. The molecule has 0 bridgehead atoms. The summed E-state index contributed by atoms with van der Waals surface area (Å²) < 4.78 is 19.6. The third-order valence-electron chi connectivity index (χ3n) is 11.4. The Balaban J connectivity index is 2.32. The molecule has 58 heavy (non-hydrogen) atoms. The predicted octanol–water partition coefficient (Wildman–Crippen LogP) is 5.35. The van der Waals surface area contributed by atoms with E-state index in [-0.39, 0.29) is 54.2 Å². The van der Waals surface area contributed by atoms with Gasteiger partial charge in [0.05, 0.1) is 36.6 Å². The Bertz CT molecular complexity index is 1470. The molecule has 0 saturated carbocycles. The molecular weight excluding hydrogens is 759 g/mol. The molecule has 9 atom stereocenters. The van der Waals surface area contributed by atoms with Crippen molar-refractivity contribution in [2.75, 3.05) is 41.1 Å². The Hall–Kier alpha value is -3.20. The Morgan fingerprint density at radius 3 is 2.03 bits per heavy atom. The first-order valence-electron chi connectivity index (χ1n) is 20.9. The topological polar surface area (TPSA) is 147 Å². The summed E-state index contributed by atoms with van der Waals surface area (Å²) in [5.41, 5.74) is 0.132. The molecule has 1 aromatic rings. The number of ether oxygens (including phenoxy) is 3. The van der Waals surface area contributed by atoms with Crippen molar-refractivity contribution in [1.82, 2.24) is 24.7 Å². The quantitative estimate of drug-likeness (QED) is 0.116. The molecule has 1 aliphatic heterocycles. The molecule has 2 rings (SSSR count). The first kappa shape index (κ1) is 50.9. The summed E-state index contributed by atoms with van der Waals surface area (Å²) in [4.78, 5) is 73.0. The van der Waals surface area contributed by atoms with Gasteiger partial charge in [-0.1, -0.05) is 97.2 Å². The summed E-state index contributed by atoms with van der Waals surface area (Å²) in [5.74, 6) is -2.45. The molecule has 0 aliphatic carbocycles. The fourth-order valence-electron chi connectivity index (χ4n) is 8.00. The minimum Gasteiger partial charge on any atom is -0.458 e. The van der Waals surface area contributed by atoms with E-state index in [9.17, 15) is 24.0 Å². The Morgan fingerprint density at radius 1 is 0.914 bits per heavy atom. The van der Waals surface area contributed by atoms with E-state index in [1.807, 2.05) is 89.5 Å². The highest BCUT2D eigenvalue weighted by atomic mass is 32.2. The summed E-state index contributed by atoms with van der Waals surface area (Å²) in [7, 11) is 6.69. The number of nitrogens with zero attached hydrogens (tertiary/aromatic N) is 3. The number of methoxy groups -OCH3 is 2. The molecule has 1 saturated heterocycles. The van der Waals surface area contributed by atoms with E-state index in [0.717, 1.165) is 18.4 Å². The molecule has 4 amide bonds. The SMILES string of the molecule is CC[C@H](C)[C@@H]([C@@H](CC(=O)N1CCC[C@H]1[C@H](OC)[C@@H](C)C(=O)N[C@@H](Cc1ccccc1)C(=O)OC(C)(C)C)OC)N(C)C(=O)[C@@H](NC(=O)[C@H](C(C)C)N(C)SC)C(C)C. The van der Waals surface area contributed by atoms with Crippen LogP contribution in [0.2, 0.25) is 0 Å². The molecule has 14 heteroatoms. The molecule has 1 heterocycles. The van der Waals surface area contributed by atoms with Crippen LogP contribution in [0.1, 0.15) is 100 Å². The van der Waals surface area contributed by atoms with Gasteiger partial charge in [-0.15, -0.1) is 0 Å². The number of hydrogen-bond donors (Lipinski definition) is 2. The number of carbonyl (C=O) groups excluding carboxylic acids is 5. The second kappa shape index (κ2) is 23.6. The fraction of sp³-hybridized carbons (Fsp3) is 0.750. The van der Waals surface area contributed by atoms with Crippen molar-refractivity contribution >= 4 is 41.5 Å². The maximum atomic E-state index is 14.3. The van der Waals surface area contributed by atoms with E-state index in [1.54, 1.807) is 51.7 Å². The van der Waals surface area contributed by atoms with Gasteiger partial charge in [-0.25, -0.2) is 9.10 Å². The number of esters is 1. The number of carbonyl (C=O) groups is 5. The second-order valence-electron chi connectivity index (χ2n) is 17.5. The van der Waals surface area contributed by atoms with Gasteiger partial charge in [0, 0.05) is 34.2 Å². The van der Waals surface area contributed by atoms with Gasteiger partial charge in [-0.2, -0.15) is 0 Å². The van der Waals surface area contributed by atoms with Gasteiger partial charge in [0.2, 0.25) is 23.6 Å². The number of nitrogens with one attached hydrogen (secondary N) is 2. The fourth-order valence-corrected chi connectivity index (χ4v) is 8.56. The standard InChI is InChI=1S/C44H75N5O8S/c1-16-29(6)38(47(11)42(53)36(27(2)3)46-41(52)37(28(4)5)48(12)58-15)34(55-13)26-35(50)49-24-20-23-33(49)39(56-14)30(7)40(51)45-32(43(54)57-44(8,9)10)25-31-21-18-17-19-22-31/h17-19,21-22,27-30,32-34,36-39H,16,20,23-26H2,1-15H3,(H,45,51)(H,46,52)/t29-,30+,32-,33-,34+,36-,37-,38-,39+/m0/s1. The molecule has 1 fully saturated rings. The van der Waals surface area contributed by atoms with Crippen LogP contribution in [-0.4, -0.2) is 133 Å². The van der Waals surface area contributed by atoms with Crippen LogP contribution in [0.15, 0.2) is 30.3 Å². The Morgan fingerprint density at radius 2 is 1.53 bits per heavy atom. The van der Waals surface area contributed by atoms with Crippen molar-refractivity contribution in [3.8, 4) is 0 Å². The van der Waals surface area contributed by atoms with Gasteiger partial charge < -0.3 is 34.6 Å². The van der Waals surface area contributed by atoms with Crippen LogP contribution in [0.5, 0.6) is 0 Å². The number of likely N-dealkylation sites (tertiary alicyclic amines) is 1.